The van der Waals surface area contributed by atoms with Gasteiger partial charge in [-0.1, -0.05) is 48.0 Å². The van der Waals surface area contributed by atoms with E-state index >= 15 is 0 Å². The second-order valence-corrected chi connectivity index (χ2v) is 8.46. The second-order valence-electron chi connectivity index (χ2n) is 7.02. The van der Waals surface area contributed by atoms with Crippen LogP contribution in [0.1, 0.15) is 23.1 Å². The molecule has 0 bridgehead atoms. The zero-order chi connectivity index (χ0) is 19.4. The van der Waals surface area contributed by atoms with E-state index in [1.165, 1.54) is 5.56 Å². The molecule has 0 saturated carbocycles. The van der Waals surface area contributed by atoms with Gasteiger partial charge in [0.2, 0.25) is 11.8 Å². The van der Waals surface area contributed by atoms with Crippen LogP contribution < -0.4 is 5.32 Å². The molecule has 2 aromatic carbocycles. The van der Waals surface area contributed by atoms with Crippen molar-refractivity contribution in [2.45, 2.75) is 25.6 Å². The fraction of sp³-hybridized carbons (Fsp3) is 0.333. The van der Waals surface area contributed by atoms with Gasteiger partial charge in [-0.15, -0.1) is 0 Å². The van der Waals surface area contributed by atoms with Crippen LogP contribution in [0.25, 0.3) is 0 Å². The summed E-state index contributed by atoms with van der Waals surface area (Å²) in [5.41, 5.74) is 3.75. The van der Waals surface area contributed by atoms with Gasteiger partial charge in [-0.25, -0.2) is 0 Å². The maximum absolute atomic E-state index is 12.7. The van der Waals surface area contributed by atoms with Crippen molar-refractivity contribution in [2.24, 2.45) is 5.92 Å². The van der Waals surface area contributed by atoms with Gasteiger partial charge >= 0.3 is 0 Å². The Balaban J connectivity index is 1.64. The Morgan fingerprint density at radius 1 is 1.19 bits per heavy atom. The zero-order valence-corrected chi connectivity index (χ0v) is 16.4. The maximum Gasteiger partial charge on any atom is 0.229 e. The minimum atomic E-state index is -0.993. The van der Waals surface area contributed by atoms with Gasteiger partial charge in [-0.2, -0.15) is 0 Å². The highest BCUT2D eigenvalue weighted by Crippen LogP contribution is 2.23. The first-order valence-corrected chi connectivity index (χ1v) is 10.7. The molecule has 2 atom stereocenters. The Bertz CT molecular complexity index is 864. The van der Waals surface area contributed by atoms with E-state index in [0.717, 1.165) is 11.1 Å². The number of benzene rings is 2. The summed E-state index contributed by atoms with van der Waals surface area (Å²) in [5.74, 6) is -0.148. The van der Waals surface area contributed by atoms with Gasteiger partial charge in [0.25, 0.3) is 0 Å². The SMILES string of the molecule is Cc1ccc(CN2C[C@@H](C(=O)Nc3ccccc3C[S@@](C)=O)CC2=O)cc1. The molecule has 0 aliphatic carbocycles. The van der Waals surface area contributed by atoms with Gasteiger partial charge in [-0.05, 0) is 24.1 Å². The summed E-state index contributed by atoms with van der Waals surface area (Å²) in [7, 11) is -0.993. The minimum absolute atomic E-state index is 0.00123. The van der Waals surface area contributed by atoms with Crippen LogP contribution in [0.3, 0.4) is 0 Å². The Morgan fingerprint density at radius 3 is 2.59 bits per heavy atom. The summed E-state index contributed by atoms with van der Waals surface area (Å²) in [6.07, 6.45) is 1.86. The molecule has 0 spiro atoms. The smallest absolute Gasteiger partial charge is 0.229 e. The number of para-hydroxylation sites is 1. The molecule has 0 unspecified atom stereocenters. The first kappa shape index (κ1) is 19.3. The summed E-state index contributed by atoms with van der Waals surface area (Å²) < 4.78 is 11.5. The van der Waals surface area contributed by atoms with Gasteiger partial charge in [0.05, 0.1) is 11.7 Å². The lowest BCUT2D eigenvalue weighted by molar-refractivity contribution is -0.128. The molecule has 5 nitrogen and oxygen atoms in total. The van der Waals surface area contributed by atoms with Gasteiger partial charge in [0, 0.05) is 42.3 Å². The first-order valence-electron chi connectivity index (χ1n) is 8.94. The molecule has 6 heteroatoms. The second kappa shape index (κ2) is 8.48. The van der Waals surface area contributed by atoms with E-state index in [1.807, 2.05) is 49.4 Å². The highest BCUT2D eigenvalue weighted by molar-refractivity contribution is 7.83. The Morgan fingerprint density at radius 2 is 1.89 bits per heavy atom. The average molecular weight is 385 g/mol. The summed E-state index contributed by atoms with van der Waals surface area (Å²) in [5, 5.41) is 2.92. The van der Waals surface area contributed by atoms with Crippen molar-refractivity contribution in [3.8, 4) is 0 Å². The van der Waals surface area contributed by atoms with Crippen LogP contribution in [0, 0.1) is 12.8 Å². The molecule has 1 N–H and O–H groups in total. The molecule has 1 aliphatic rings. The van der Waals surface area contributed by atoms with E-state index in [0.29, 0.717) is 24.5 Å². The van der Waals surface area contributed by atoms with Gasteiger partial charge in [0.1, 0.15) is 0 Å². The molecule has 1 aliphatic heterocycles. The predicted octanol–water partition coefficient (Wildman–Crippen LogP) is 2.86. The number of likely N-dealkylation sites (tertiary alicyclic amines) is 1. The van der Waals surface area contributed by atoms with Crippen molar-refractivity contribution in [2.75, 3.05) is 18.1 Å². The third kappa shape index (κ3) is 5.04. The zero-order valence-electron chi connectivity index (χ0n) is 15.6. The third-order valence-electron chi connectivity index (χ3n) is 4.71. The first-order chi connectivity index (χ1) is 12.9. The summed E-state index contributed by atoms with van der Waals surface area (Å²) in [6.45, 7) is 2.96. The number of hydrogen-bond donors (Lipinski definition) is 1. The lowest BCUT2D eigenvalue weighted by Crippen LogP contribution is -2.28. The molecular weight excluding hydrogens is 360 g/mol. The van der Waals surface area contributed by atoms with Crippen LogP contribution in [0.15, 0.2) is 48.5 Å². The van der Waals surface area contributed by atoms with E-state index in [-0.39, 0.29) is 24.2 Å². The Hall–Kier alpha value is -2.47. The summed E-state index contributed by atoms with van der Waals surface area (Å²) >= 11 is 0. The molecule has 1 fully saturated rings. The van der Waals surface area contributed by atoms with Crippen LogP contribution >= 0.6 is 0 Å². The standard InChI is InChI=1S/C21H24N2O3S/c1-15-7-9-16(10-8-15)12-23-13-18(11-20(23)24)21(25)22-19-6-4-3-5-17(19)14-27(2)26/h3-10,18H,11-14H2,1-2H3,(H,22,25)/t18-,27+/m0/s1. The largest absolute Gasteiger partial charge is 0.338 e. The fourth-order valence-electron chi connectivity index (χ4n) is 3.24. The molecule has 2 aromatic rings. The van der Waals surface area contributed by atoms with Crippen molar-refractivity contribution >= 4 is 28.3 Å². The molecule has 142 valence electrons. The Kier molecular flexibility index (Phi) is 6.06. The maximum atomic E-state index is 12.7. The highest BCUT2D eigenvalue weighted by Gasteiger charge is 2.34. The van der Waals surface area contributed by atoms with E-state index in [1.54, 1.807) is 17.2 Å². The topological polar surface area (TPSA) is 66.5 Å². The number of aryl methyl sites for hydroxylation is 1. The van der Waals surface area contributed by atoms with Crippen LogP contribution in [0.2, 0.25) is 0 Å². The highest BCUT2D eigenvalue weighted by atomic mass is 32.2. The average Bonchev–Trinajstić information content (AvgIpc) is 2.99. The van der Waals surface area contributed by atoms with E-state index in [2.05, 4.69) is 5.32 Å². The van der Waals surface area contributed by atoms with Crippen molar-refractivity contribution in [1.29, 1.82) is 0 Å². The Labute approximate surface area is 162 Å². The molecule has 0 aromatic heterocycles. The van der Waals surface area contributed by atoms with Crippen LogP contribution in [0.4, 0.5) is 5.69 Å². The number of anilines is 1. The molecule has 1 saturated heterocycles. The van der Waals surface area contributed by atoms with Gasteiger partial charge < -0.3 is 10.2 Å². The lowest BCUT2D eigenvalue weighted by Gasteiger charge is -2.17. The molecule has 27 heavy (non-hydrogen) atoms. The number of nitrogens with zero attached hydrogens (tertiary/aromatic N) is 1. The number of rotatable bonds is 6. The van der Waals surface area contributed by atoms with Crippen molar-refractivity contribution in [1.82, 2.24) is 4.90 Å². The van der Waals surface area contributed by atoms with E-state index in [9.17, 15) is 13.8 Å². The lowest BCUT2D eigenvalue weighted by atomic mass is 10.1. The summed E-state index contributed by atoms with van der Waals surface area (Å²) in [6, 6.07) is 15.4. The number of amides is 2. The van der Waals surface area contributed by atoms with Gasteiger partial charge in [-0.3, -0.25) is 13.8 Å². The molecule has 1 heterocycles. The molecule has 3 rings (SSSR count). The third-order valence-corrected chi connectivity index (χ3v) is 5.43. The number of carbonyl (C=O) groups excluding carboxylic acids is 2. The van der Waals surface area contributed by atoms with Crippen LogP contribution in [-0.2, 0) is 32.7 Å². The quantitative estimate of drug-likeness (QED) is 0.833. The fourth-order valence-corrected chi connectivity index (χ4v) is 3.93. The number of nitrogens with one attached hydrogen (secondary N) is 1. The van der Waals surface area contributed by atoms with Crippen molar-refractivity contribution in [3.63, 3.8) is 0 Å². The van der Waals surface area contributed by atoms with E-state index < -0.39 is 10.8 Å². The van der Waals surface area contributed by atoms with E-state index in [4.69, 9.17) is 0 Å². The molecule has 0 radical (unpaired) electrons. The normalized spacial score (nSPS) is 17.8. The van der Waals surface area contributed by atoms with Crippen LogP contribution in [-0.4, -0.2) is 33.7 Å². The molecule has 2 amide bonds. The number of carbonyl (C=O) groups is 2. The monoisotopic (exact) mass is 384 g/mol. The van der Waals surface area contributed by atoms with Crippen LogP contribution in [0.5, 0.6) is 0 Å². The number of hydrogen-bond acceptors (Lipinski definition) is 3. The minimum Gasteiger partial charge on any atom is -0.338 e. The predicted molar refractivity (Wildman–Crippen MR) is 108 cm³/mol. The molecular formula is C21H24N2O3S. The van der Waals surface area contributed by atoms with Crippen molar-refractivity contribution < 1.29 is 13.8 Å². The summed E-state index contributed by atoms with van der Waals surface area (Å²) in [4.78, 5) is 26.7. The van der Waals surface area contributed by atoms with Crippen molar-refractivity contribution in [3.05, 3.63) is 65.2 Å². The van der Waals surface area contributed by atoms with Gasteiger partial charge in [0.15, 0.2) is 0 Å².